The number of hydrogen-bond acceptors (Lipinski definition) is 2. The van der Waals surface area contributed by atoms with Crippen molar-refractivity contribution < 1.29 is 15.0 Å². The van der Waals surface area contributed by atoms with Crippen molar-refractivity contribution in [3.8, 4) is 0 Å². The van der Waals surface area contributed by atoms with E-state index >= 15 is 0 Å². The van der Waals surface area contributed by atoms with E-state index in [0.29, 0.717) is 0 Å². The number of nitrogen functional groups attached to an aromatic ring is 1. The molecule has 0 heterocycles. The normalized spacial score (nSPS) is 8.35. The lowest BCUT2D eigenvalue weighted by molar-refractivity contribution is -0.417. The molecule has 0 aliphatic heterocycles. The monoisotopic (exact) mass is 769 g/mol. The highest BCUT2D eigenvalue weighted by atomic mass is 14.9. The second-order valence-corrected chi connectivity index (χ2v) is 8.23. The largest absolute Gasteiger partial charge is 0.399 e. The van der Waals surface area contributed by atoms with Gasteiger partial charge in [0, 0.05) is 65.6 Å². The third kappa shape index (κ3) is 54.2. The van der Waals surface area contributed by atoms with E-state index in [2.05, 4.69) is 91.1 Å². The molecule has 4 rings (SSSR count). The molecule has 0 atom stereocenters. The number of nitrogens with two attached hydrogens (primary N) is 1. The first-order chi connectivity index (χ1) is 27.0. The Morgan fingerprint density at radius 3 is 1.00 bits per heavy atom. The maximum absolute atomic E-state index is 5.36. The van der Waals surface area contributed by atoms with Crippen molar-refractivity contribution in [2.24, 2.45) is 0 Å². The molecule has 320 valence electrons. The summed E-state index contributed by atoms with van der Waals surface area (Å²) >= 11 is 0. The number of nitrogens with one attached hydrogen (secondary N) is 4. The van der Waals surface area contributed by atoms with Gasteiger partial charge in [-0.3, -0.25) is 0 Å². The van der Waals surface area contributed by atoms with Crippen LogP contribution in [0.25, 0.3) is 0 Å². The SMILES string of the molecule is C=[NH+]c1ccc(Nc2ccc([NH+]=C3C=CC(=[NH+]C)C=C3)cc2)cc1.CC.CC.CC.CC.CC.CC.CC.CC.CC.CCC.CCC.Nc1ccccc1. The molecule has 1 aliphatic rings. The van der Waals surface area contributed by atoms with E-state index in [1.54, 1.807) is 0 Å². The highest BCUT2D eigenvalue weighted by Crippen LogP contribution is 2.18. The second kappa shape index (κ2) is 74.8. The molecule has 0 saturated carbocycles. The van der Waals surface area contributed by atoms with Crippen LogP contribution in [0.1, 0.15) is 165 Å². The van der Waals surface area contributed by atoms with Crippen LogP contribution in [-0.2, 0) is 0 Å². The Hall–Kier alpha value is -4.25. The standard InChI is InChI=1S/C20H18N4.C6H7N.2C3H8.9C2H6/c1-21-15-3-7-17(8-4-15)23-19-11-13-20(14-12-19)24-18-9-5-16(22-2)6-10-18;7-6-4-2-1-3-5-6;2*1-3-2;9*1-2/h3-14,23H,1H2,2H3;1-5H,7H2;2*3H2,1-2H3;9*1-2H3/p+3. The Morgan fingerprint density at radius 2 is 0.745 bits per heavy atom. The summed E-state index contributed by atoms with van der Waals surface area (Å²) in [6, 6.07) is 25.7. The fraction of sp³-hybridized carbons (Fsp3) is 0.500. The van der Waals surface area contributed by atoms with Crippen molar-refractivity contribution >= 4 is 46.6 Å². The van der Waals surface area contributed by atoms with Crippen molar-refractivity contribution in [2.45, 2.75) is 165 Å². The quantitative estimate of drug-likeness (QED) is 0.104. The Bertz CT molecular complexity index is 1120. The van der Waals surface area contributed by atoms with Gasteiger partial charge in [0.25, 0.3) is 0 Å². The molecule has 0 radical (unpaired) electrons. The Labute approximate surface area is 346 Å². The first-order valence-electron chi connectivity index (χ1n) is 21.8. The summed E-state index contributed by atoms with van der Waals surface area (Å²) in [7, 11) is 1.91. The molecule has 3 aromatic rings. The summed E-state index contributed by atoms with van der Waals surface area (Å²) in [4.78, 5) is 9.37. The van der Waals surface area contributed by atoms with Gasteiger partial charge in [0.2, 0.25) is 17.1 Å². The summed E-state index contributed by atoms with van der Waals surface area (Å²) < 4.78 is 0. The highest BCUT2D eigenvalue weighted by Gasteiger charge is 2.07. The number of anilines is 3. The van der Waals surface area contributed by atoms with Crippen LogP contribution in [0.4, 0.5) is 28.4 Å². The fourth-order valence-corrected chi connectivity index (χ4v) is 2.81. The van der Waals surface area contributed by atoms with Gasteiger partial charge in [-0.15, -0.1) is 0 Å². The number of benzene rings is 3. The molecule has 0 fully saturated rings. The summed E-state index contributed by atoms with van der Waals surface area (Å²) in [6.45, 7) is 48.1. The van der Waals surface area contributed by atoms with Crippen LogP contribution in [-0.4, -0.2) is 25.2 Å². The third-order valence-electron chi connectivity index (χ3n) is 4.52. The zero-order valence-corrected chi connectivity index (χ0v) is 41.0. The highest BCUT2D eigenvalue weighted by molar-refractivity contribution is 6.14. The minimum Gasteiger partial charge on any atom is -0.399 e. The van der Waals surface area contributed by atoms with Crippen molar-refractivity contribution in [3.63, 3.8) is 0 Å². The average Bonchev–Trinajstić information content (AvgIpc) is 3.29. The summed E-state index contributed by atoms with van der Waals surface area (Å²) in [6.07, 6.45) is 10.7. The molecule has 0 aromatic heterocycles. The first-order valence-corrected chi connectivity index (χ1v) is 21.8. The van der Waals surface area contributed by atoms with E-state index in [9.17, 15) is 0 Å². The Kier molecular flexibility index (Phi) is 98.0. The van der Waals surface area contributed by atoms with Crippen molar-refractivity contribution in [2.75, 3.05) is 18.1 Å². The van der Waals surface area contributed by atoms with E-state index in [1.165, 1.54) is 12.8 Å². The van der Waals surface area contributed by atoms with Crippen LogP contribution in [0, 0.1) is 0 Å². The molecule has 5 nitrogen and oxygen atoms in total. The molecule has 0 unspecified atom stereocenters. The molecule has 0 amide bonds. The van der Waals surface area contributed by atoms with Gasteiger partial charge in [-0.2, -0.15) is 0 Å². The van der Waals surface area contributed by atoms with Crippen LogP contribution in [0.5, 0.6) is 0 Å². The van der Waals surface area contributed by atoms with Gasteiger partial charge >= 0.3 is 0 Å². The molecular formula is C50H98N5+3. The smallest absolute Gasteiger partial charge is 0.204 e. The lowest BCUT2D eigenvalue weighted by Gasteiger charge is -2.05. The molecule has 5 heteroatoms. The Morgan fingerprint density at radius 1 is 0.455 bits per heavy atom. The average molecular weight is 769 g/mol. The molecular weight excluding hydrogens is 671 g/mol. The van der Waals surface area contributed by atoms with E-state index in [4.69, 9.17) is 5.73 Å². The molecule has 0 bridgehead atoms. The number of hydrogen-bond donors (Lipinski definition) is 5. The van der Waals surface area contributed by atoms with E-state index in [0.717, 1.165) is 39.9 Å². The zero-order chi connectivity index (χ0) is 45.3. The van der Waals surface area contributed by atoms with Crippen LogP contribution >= 0.6 is 0 Å². The fourth-order valence-electron chi connectivity index (χ4n) is 2.81. The minimum atomic E-state index is 0.822. The molecule has 0 spiro atoms. The maximum Gasteiger partial charge on any atom is 0.204 e. The van der Waals surface area contributed by atoms with Crippen LogP contribution in [0.2, 0.25) is 0 Å². The summed E-state index contributed by atoms with van der Waals surface area (Å²) in [5.74, 6) is 0. The second-order valence-electron chi connectivity index (χ2n) is 8.23. The predicted octanol–water partition coefficient (Wildman–Crippen LogP) is 12.6. The number of rotatable bonds is 4. The predicted molar refractivity (Wildman–Crippen MR) is 265 cm³/mol. The molecule has 55 heavy (non-hydrogen) atoms. The maximum atomic E-state index is 5.36. The van der Waals surface area contributed by atoms with E-state index in [1.807, 2.05) is 198 Å². The van der Waals surface area contributed by atoms with Crippen molar-refractivity contribution in [1.29, 1.82) is 0 Å². The number of allylic oxidation sites excluding steroid dienone is 4. The van der Waals surface area contributed by atoms with Crippen molar-refractivity contribution in [3.05, 3.63) is 103 Å². The Balaban J connectivity index is -0.0000000809. The van der Waals surface area contributed by atoms with Gasteiger partial charge in [0.1, 0.15) is 13.8 Å². The van der Waals surface area contributed by atoms with Gasteiger partial charge in [-0.25, -0.2) is 15.0 Å². The molecule has 6 N–H and O–H groups in total. The van der Waals surface area contributed by atoms with Gasteiger partial charge < -0.3 is 11.1 Å². The van der Waals surface area contributed by atoms with Crippen LogP contribution in [0.3, 0.4) is 0 Å². The van der Waals surface area contributed by atoms with Gasteiger partial charge in [0.15, 0.2) is 5.71 Å². The lowest BCUT2D eigenvalue weighted by atomic mass is 10.1. The lowest BCUT2D eigenvalue weighted by Crippen LogP contribution is -2.68. The van der Waals surface area contributed by atoms with Crippen LogP contribution in [0.15, 0.2) is 103 Å². The number of para-hydroxylation sites is 1. The summed E-state index contributed by atoms with van der Waals surface area (Å²) in [5, 5.41) is 3.38. The topological polar surface area (TPSA) is 80.0 Å². The summed E-state index contributed by atoms with van der Waals surface area (Å²) in [5.41, 5.74) is 12.5. The van der Waals surface area contributed by atoms with Gasteiger partial charge in [-0.1, -0.05) is 183 Å². The molecule has 1 aliphatic carbocycles. The molecule has 3 aromatic carbocycles. The van der Waals surface area contributed by atoms with Crippen LogP contribution < -0.4 is 26.0 Å². The van der Waals surface area contributed by atoms with Gasteiger partial charge in [-0.05, 0) is 36.4 Å². The van der Waals surface area contributed by atoms with Crippen molar-refractivity contribution in [1.82, 2.24) is 0 Å². The minimum absolute atomic E-state index is 0.822. The zero-order valence-electron chi connectivity index (χ0n) is 41.0. The van der Waals surface area contributed by atoms with E-state index < -0.39 is 0 Å². The van der Waals surface area contributed by atoms with Gasteiger partial charge in [0.05, 0.1) is 0 Å². The van der Waals surface area contributed by atoms with E-state index in [-0.39, 0.29) is 0 Å². The molecule has 0 saturated heterocycles. The first kappa shape index (κ1) is 72.1. The third-order valence-corrected chi connectivity index (χ3v) is 4.52.